The number of rotatable bonds is 4. The van der Waals surface area contributed by atoms with Crippen LogP contribution < -0.4 is 9.47 Å². The molecule has 0 atom stereocenters. The van der Waals surface area contributed by atoms with Crippen LogP contribution in [0.4, 0.5) is 0 Å². The molecule has 0 fully saturated rings. The maximum absolute atomic E-state index is 10.5. The molecule has 0 aliphatic heterocycles. The second-order valence-electron chi connectivity index (χ2n) is 3.67. The van der Waals surface area contributed by atoms with Crippen molar-refractivity contribution in [2.45, 2.75) is 0 Å². The summed E-state index contributed by atoms with van der Waals surface area (Å²) in [6.45, 7) is 0. The van der Waals surface area contributed by atoms with Crippen LogP contribution in [0.25, 0.3) is 17.0 Å². The number of hydrogen-bond acceptors (Lipinski definition) is 3. The van der Waals surface area contributed by atoms with Gasteiger partial charge < -0.3 is 19.6 Å². The number of carboxylic acids is 1. The molecule has 2 aromatic rings. The monoisotopic (exact) mass is 247 g/mol. The summed E-state index contributed by atoms with van der Waals surface area (Å²) in [6, 6.07) is 3.60. The van der Waals surface area contributed by atoms with Crippen LogP contribution in [-0.4, -0.2) is 30.3 Å². The lowest BCUT2D eigenvalue weighted by Crippen LogP contribution is -1.88. The molecule has 1 aromatic carbocycles. The Hall–Kier alpha value is -2.43. The molecule has 2 rings (SSSR count). The standard InChI is InChI=1S/C13H13NO4/c1-17-9-5-10-8(3-4-12(15)16)7-14-13(10)11(6-9)18-2/h3-7,14H,1-2H3,(H,15,16)/b4-3+. The van der Waals surface area contributed by atoms with E-state index in [1.54, 1.807) is 26.5 Å². The van der Waals surface area contributed by atoms with Crippen molar-refractivity contribution in [2.75, 3.05) is 14.2 Å². The maximum Gasteiger partial charge on any atom is 0.328 e. The molecule has 0 unspecified atom stereocenters. The number of hydrogen-bond donors (Lipinski definition) is 2. The van der Waals surface area contributed by atoms with Gasteiger partial charge in [-0.25, -0.2) is 4.79 Å². The Morgan fingerprint density at radius 2 is 2.11 bits per heavy atom. The lowest BCUT2D eigenvalue weighted by Gasteiger charge is -2.05. The molecule has 5 heteroatoms. The van der Waals surface area contributed by atoms with Gasteiger partial charge in [0.15, 0.2) is 0 Å². The zero-order chi connectivity index (χ0) is 13.1. The van der Waals surface area contributed by atoms with Crippen LogP contribution in [0.3, 0.4) is 0 Å². The number of carbonyl (C=O) groups is 1. The van der Waals surface area contributed by atoms with Gasteiger partial charge in [0.05, 0.1) is 19.7 Å². The minimum absolute atomic E-state index is 0.652. The lowest BCUT2D eigenvalue weighted by atomic mass is 10.1. The molecular formula is C13H13NO4. The normalized spacial score (nSPS) is 11.0. The molecule has 0 bridgehead atoms. The van der Waals surface area contributed by atoms with Crippen molar-refractivity contribution in [2.24, 2.45) is 0 Å². The first-order chi connectivity index (χ1) is 8.65. The van der Waals surface area contributed by atoms with Crippen molar-refractivity contribution in [3.8, 4) is 11.5 Å². The zero-order valence-corrected chi connectivity index (χ0v) is 10.1. The highest BCUT2D eigenvalue weighted by molar-refractivity contribution is 5.96. The lowest BCUT2D eigenvalue weighted by molar-refractivity contribution is -0.131. The topological polar surface area (TPSA) is 71.5 Å². The van der Waals surface area contributed by atoms with Gasteiger partial charge in [0, 0.05) is 29.3 Å². The van der Waals surface area contributed by atoms with E-state index in [0.29, 0.717) is 11.5 Å². The maximum atomic E-state index is 10.5. The summed E-state index contributed by atoms with van der Waals surface area (Å²) >= 11 is 0. The summed E-state index contributed by atoms with van der Waals surface area (Å²) in [5.74, 6) is 0.322. The summed E-state index contributed by atoms with van der Waals surface area (Å²) in [5.41, 5.74) is 1.58. The number of ether oxygens (including phenoxy) is 2. The summed E-state index contributed by atoms with van der Waals surface area (Å²) in [7, 11) is 3.14. The van der Waals surface area contributed by atoms with Crippen molar-refractivity contribution < 1.29 is 19.4 Å². The van der Waals surface area contributed by atoms with Crippen LogP contribution >= 0.6 is 0 Å². The largest absolute Gasteiger partial charge is 0.497 e. The van der Waals surface area contributed by atoms with Gasteiger partial charge in [-0.05, 0) is 12.1 Å². The second-order valence-corrected chi connectivity index (χ2v) is 3.67. The first-order valence-corrected chi connectivity index (χ1v) is 5.30. The Balaban J connectivity index is 2.60. The fourth-order valence-corrected chi connectivity index (χ4v) is 1.77. The van der Waals surface area contributed by atoms with Crippen molar-refractivity contribution in [1.82, 2.24) is 4.98 Å². The summed E-state index contributed by atoms with van der Waals surface area (Å²) in [4.78, 5) is 13.6. The number of carboxylic acid groups (broad SMARTS) is 1. The van der Waals surface area contributed by atoms with Gasteiger partial charge in [-0.15, -0.1) is 0 Å². The first-order valence-electron chi connectivity index (χ1n) is 5.30. The fraction of sp³-hybridized carbons (Fsp3) is 0.154. The van der Waals surface area contributed by atoms with Crippen LogP contribution in [0.5, 0.6) is 11.5 Å². The Labute approximate surface area is 104 Å². The van der Waals surface area contributed by atoms with Gasteiger partial charge >= 0.3 is 5.97 Å². The molecule has 0 radical (unpaired) electrons. The number of benzene rings is 1. The van der Waals surface area contributed by atoms with E-state index < -0.39 is 5.97 Å². The predicted octanol–water partition coefficient (Wildman–Crippen LogP) is 2.28. The number of aliphatic carboxylic acids is 1. The molecule has 0 amide bonds. The zero-order valence-electron chi connectivity index (χ0n) is 10.1. The molecular weight excluding hydrogens is 234 g/mol. The van der Waals surface area contributed by atoms with Crippen LogP contribution in [0.2, 0.25) is 0 Å². The van der Waals surface area contributed by atoms with E-state index in [1.165, 1.54) is 6.08 Å². The van der Waals surface area contributed by atoms with Crippen LogP contribution in [0.15, 0.2) is 24.4 Å². The Morgan fingerprint density at radius 3 is 2.72 bits per heavy atom. The molecule has 0 spiro atoms. The highest BCUT2D eigenvalue weighted by Gasteiger charge is 2.09. The van der Waals surface area contributed by atoms with Gasteiger partial charge in [-0.1, -0.05) is 0 Å². The molecule has 0 saturated heterocycles. The van der Waals surface area contributed by atoms with Crippen LogP contribution in [0, 0.1) is 0 Å². The quantitative estimate of drug-likeness (QED) is 0.813. The fourth-order valence-electron chi connectivity index (χ4n) is 1.77. The van der Waals surface area contributed by atoms with Gasteiger partial charge in [-0.2, -0.15) is 0 Å². The van der Waals surface area contributed by atoms with Crippen LogP contribution in [0.1, 0.15) is 5.56 Å². The first kappa shape index (κ1) is 12.0. The molecule has 18 heavy (non-hydrogen) atoms. The van der Waals surface area contributed by atoms with Gasteiger partial charge in [0.2, 0.25) is 0 Å². The predicted molar refractivity (Wildman–Crippen MR) is 68.1 cm³/mol. The molecule has 0 aliphatic rings. The van der Waals surface area contributed by atoms with Crippen LogP contribution in [-0.2, 0) is 4.79 Å². The molecule has 2 N–H and O–H groups in total. The molecule has 5 nitrogen and oxygen atoms in total. The van der Waals surface area contributed by atoms with E-state index in [2.05, 4.69) is 4.98 Å². The number of H-pyrrole nitrogens is 1. The highest BCUT2D eigenvalue weighted by atomic mass is 16.5. The van der Waals surface area contributed by atoms with E-state index >= 15 is 0 Å². The third-order valence-corrected chi connectivity index (χ3v) is 2.62. The van der Waals surface area contributed by atoms with Crippen molar-refractivity contribution in [1.29, 1.82) is 0 Å². The summed E-state index contributed by atoms with van der Waals surface area (Å²) < 4.78 is 10.4. The van der Waals surface area contributed by atoms with E-state index in [1.807, 2.05) is 6.07 Å². The number of fused-ring (bicyclic) bond motifs is 1. The van der Waals surface area contributed by atoms with E-state index in [0.717, 1.165) is 22.5 Å². The minimum atomic E-state index is -0.987. The smallest absolute Gasteiger partial charge is 0.328 e. The molecule has 1 heterocycles. The SMILES string of the molecule is COc1cc(OC)c2[nH]cc(/C=C/C(=O)O)c2c1. The number of nitrogens with one attached hydrogen (secondary N) is 1. The molecule has 94 valence electrons. The Morgan fingerprint density at radius 1 is 1.33 bits per heavy atom. The average molecular weight is 247 g/mol. The third kappa shape index (κ3) is 2.15. The number of aromatic nitrogens is 1. The number of methoxy groups -OCH3 is 2. The Bertz CT molecular complexity index is 613. The minimum Gasteiger partial charge on any atom is -0.497 e. The van der Waals surface area contributed by atoms with E-state index in [-0.39, 0.29) is 0 Å². The summed E-state index contributed by atoms with van der Waals surface area (Å²) in [5, 5.41) is 9.49. The highest BCUT2D eigenvalue weighted by Crippen LogP contribution is 2.32. The van der Waals surface area contributed by atoms with E-state index in [9.17, 15) is 4.79 Å². The summed E-state index contributed by atoms with van der Waals surface area (Å²) in [6.07, 6.45) is 4.35. The van der Waals surface area contributed by atoms with Gasteiger partial charge in [0.25, 0.3) is 0 Å². The molecule has 1 aromatic heterocycles. The van der Waals surface area contributed by atoms with Crippen molar-refractivity contribution in [3.05, 3.63) is 30.0 Å². The van der Waals surface area contributed by atoms with Gasteiger partial charge in [0.1, 0.15) is 11.5 Å². The van der Waals surface area contributed by atoms with Crippen molar-refractivity contribution >= 4 is 22.9 Å². The van der Waals surface area contributed by atoms with E-state index in [4.69, 9.17) is 14.6 Å². The average Bonchev–Trinajstić information content (AvgIpc) is 2.78. The second kappa shape index (κ2) is 4.83. The molecule has 0 aliphatic carbocycles. The van der Waals surface area contributed by atoms with Gasteiger partial charge in [-0.3, -0.25) is 0 Å². The molecule has 0 saturated carbocycles. The number of aromatic amines is 1. The van der Waals surface area contributed by atoms with Crippen molar-refractivity contribution in [3.63, 3.8) is 0 Å². The third-order valence-electron chi connectivity index (χ3n) is 2.62. The Kier molecular flexibility index (Phi) is 3.23.